The molecule has 1 amide bonds. The van der Waals surface area contributed by atoms with Crippen LogP contribution in [-0.4, -0.2) is 37.4 Å². The number of ether oxygens (including phenoxy) is 3. The first-order valence-corrected chi connectivity index (χ1v) is 9.91. The molecule has 2 aromatic carbocycles. The van der Waals surface area contributed by atoms with E-state index >= 15 is 0 Å². The normalized spacial score (nSPS) is 22.5. The van der Waals surface area contributed by atoms with Crippen LogP contribution in [0.4, 0.5) is 4.79 Å². The second kappa shape index (κ2) is 10.6. The molecule has 3 rings (SSSR count). The molecule has 0 radical (unpaired) electrons. The minimum Gasteiger partial charge on any atom is -0.461 e. The van der Waals surface area contributed by atoms with Crippen molar-refractivity contribution in [3.63, 3.8) is 0 Å². The average molecular weight is 397 g/mol. The number of carbonyl (C=O) groups excluding carboxylic acids is 2. The molecule has 0 bridgehead atoms. The Labute approximate surface area is 171 Å². The van der Waals surface area contributed by atoms with E-state index in [1.54, 1.807) is 0 Å². The lowest BCUT2D eigenvalue weighted by Crippen LogP contribution is -2.46. The molecule has 1 heterocycles. The average Bonchev–Trinajstić information content (AvgIpc) is 2.80. The Kier molecular flexibility index (Phi) is 7.64. The molecule has 1 unspecified atom stereocenters. The van der Waals surface area contributed by atoms with Gasteiger partial charge in [-0.2, -0.15) is 0 Å². The van der Waals surface area contributed by atoms with Crippen LogP contribution in [-0.2, 0) is 32.0 Å². The summed E-state index contributed by atoms with van der Waals surface area (Å²) in [4.78, 5) is 24.7. The monoisotopic (exact) mass is 397 g/mol. The van der Waals surface area contributed by atoms with Gasteiger partial charge < -0.3 is 19.5 Å². The van der Waals surface area contributed by atoms with Gasteiger partial charge in [-0.25, -0.2) is 9.59 Å². The van der Waals surface area contributed by atoms with E-state index < -0.39 is 18.1 Å². The molecule has 154 valence electrons. The molecule has 1 fully saturated rings. The molecule has 1 N–H and O–H groups in total. The van der Waals surface area contributed by atoms with Gasteiger partial charge in [-0.1, -0.05) is 60.7 Å². The Morgan fingerprint density at radius 1 is 1.07 bits per heavy atom. The summed E-state index contributed by atoms with van der Waals surface area (Å²) in [5.41, 5.74) is 2.06. The van der Waals surface area contributed by atoms with Gasteiger partial charge in [0.1, 0.15) is 12.7 Å². The molecule has 0 saturated carbocycles. The number of esters is 1. The predicted octanol–water partition coefficient (Wildman–Crippen LogP) is 3.49. The van der Waals surface area contributed by atoms with Crippen LogP contribution in [0.1, 0.15) is 24.5 Å². The summed E-state index contributed by atoms with van der Waals surface area (Å²) in [6.45, 7) is 2.58. The van der Waals surface area contributed by atoms with E-state index in [-0.39, 0.29) is 25.2 Å². The van der Waals surface area contributed by atoms with Gasteiger partial charge in [0.2, 0.25) is 0 Å². The molecule has 6 heteroatoms. The Bertz CT molecular complexity index is 780. The van der Waals surface area contributed by atoms with E-state index in [2.05, 4.69) is 17.4 Å². The maximum absolute atomic E-state index is 12.6. The minimum absolute atomic E-state index is 0.0596. The lowest BCUT2D eigenvalue weighted by molar-refractivity contribution is -0.153. The fourth-order valence-electron chi connectivity index (χ4n) is 3.29. The third kappa shape index (κ3) is 6.61. The predicted molar refractivity (Wildman–Crippen MR) is 108 cm³/mol. The Morgan fingerprint density at radius 3 is 2.41 bits per heavy atom. The number of hydrogen-bond donors (Lipinski definition) is 1. The van der Waals surface area contributed by atoms with E-state index in [0.717, 1.165) is 18.4 Å². The van der Waals surface area contributed by atoms with Crippen molar-refractivity contribution < 1.29 is 23.8 Å². The smallest absolute Gasteiger partial charge is 0.408 e. The summed E-state index contributed by atoms with van der Waals surface area (Å²) in [7, 11) is 0. The summed E-state index contributed by atoms with van der Waals surface area (Å²) >= 11 is 0. The van der Waals surface area contributed by atoms with Crippen molar-refractivity contribution in [1.82, 2.24) is 5.32 Å². The summed E-state index contributed by atoms with van der Waals surface area (Å²) in [5, 5.41) is 2.56. The highest BCUT2D eigenvalue weighted by atomic mass is 16.6. The van der Waals surface area contributed by atoms with Crippen molar-refractivity contribution in [3.8, 4) is 0 Å². The quantitative estimate of drug-likeness (QED) is 0.782. The maximum Gasteiger partial charge on any atom is 0.408 e. The topological polar surface area (TPSA) is 73.9 Å². The largest absolute Gasteiger partial charge is 0.461 e. The number of rotatable bonds is 5. The van der Waals surface area contributed by atoms with Gasteiger partial charge in [-0.05, 0) is 30.9 Å². The van der Waals surface area contributed by atoms with Crippen LogP contribution < -0.4 is 5.32 Å². The molecule has 0 aromatic heterocycles. The van der Waals surface area contributed by atoms with Crippen LogP contribution in [0.25, 0.3) is 0 Å². The number of amides is 1. The van der Waals surface area contributed by atoms with E-state index in [1.807, 2.05) is 55.5 Å². The van der Waals surface area contributed by atoms with Crippen molar-refractivity contribution in [1.29, 1.82) is 0 Å². The van der Waals surface area contributed by atoms with Gasteiger partial charge in [0.25, 0.3) is 0 Å². The third-order valence-corrected chi connectivity index (χ3v) is 5.01. The second-order valence-electron chi connectivity index (χ2n) is 7.21. The number of benzene rings is 2. The number of cyclic esters (lactones) is 1. The van der Waals surface area contributed by atoms with Crippen molar-refractivity contribution in [2.45, 2.75) is 38.5 Å². The molecule has 3 atom stereocenters. The molecule has 29 heavy (non-hydrogen) atoms. The van der Waals surface area contributed by atoms with Gasteiger partial charge in [0.15, 0.2) is 6.04 Å². The molecular weight excluding hydrogens is 370 g/mol. The van der Waals surface area contributed by atoms with Crippen LogP contribution in [0.3, 0.4) is 0 Å². The maximum atomic E-state index is 12.6. The van der Waals surface area contributed by atoms with Gasteiger partial charge in [0.05, 0.1) is 6.61 Å². The van der Waals surface area contributed by atoms with Crippen LogP contribution in [0.2, 0.25) is 0 Å². The standard InChI is InChI=1S/C23H27NO5/c1-17-20(14-18-8-4-2-5-9-18)12-13-27-16-21(22(25)29-17)24-23(26)28-15-19-10-6-3-7-11-19/h2-11,17,20-21H,12-16H2,1H3,(H,24,26)/t17?,20-,21-/m0/s1. The van der Waals surface area contributed by atoms with Crippen LogP contribution >= 0.6 is 0 Å². The zero-order valence-electron chi connectivity index (χ0n) is 16.6. The van der Waals surface area contributed by atoms with Crippen molar-refractivity contribution in [3.05, 3.63) is 71.8 Å². The third-order valence-electron chi connectivity index (χ3n) is 5.01. The first kappa shape index (κ1) is 20.9. The minimum atomic E-state index is -0.892. The summed E-state index contributed by atoms with van der Waals surface area (Å²) in [6.07, 6.45) is 0.617. The van der Waals surface area contributed by atoms with E-state index in [1.165, 1.54) is 5.56 Å². The summed E-state index contributed by atoms with van der Waals surface area (Å²) in [5.74, 6) is -0.362. The number of hydrogen-bond acceptors (Lipinski definition) is 5. The lowest BCUT2D eigenvalue weighted by atomic mass is 9.92. The Hall–Kier alpha value is -2.86. The molecule has 6 nitrogen and oxygen atoms in total. The van der Waals surface area contributed by atoms with E-state index in [4.69, 9.17) is 14.2 Å². The van der Waals surface area contributed by atoms with E-state index in [9.17, 15) is 9.59 Å². The highest BCUT2D eigenvalue weighted by molar-refractivity contribution is 5.81. The number of alkyl carbamates (subject to hydrolysis) is 1. The van der Waals surface area contributed by atoms with Crippen LogP contribution in [0, 0.1) is 5.92 Å². The summed E-state index contributed by atoms with van der Waals surface area (Å²) < 4.78 is 16.5. The van der Waals surface area contributed by atoms with Crippen LogP contribution in [0.15, 0.2) is 60.7 Å². The van der Waals surface area contributed by atoms with Gasteiger partial charge in [-0.3, -0.25) is 0 Å². The van der Waals surface area contributed by atoms with Crippen molar-refractivity contribution in [2.24, 2.45) is 5.92 Å². The van der Waals surface area contributed by atoms with Crippen molar-refractivity contribution in [2.75, 3.05) is 13.2 Å². The molecule has 0 spiro atoms. The van der Waals surface area contributed by atoms with Crippen LogP contribution in [0.5, 0.6) is 0 Å². The molecule has 1 aliphatic rings. The number of carbonyl (C=O) groups is 2. The van der Waals surface area contributed by atoms with Gasteiger partial charge in [0, 0.05) is 12.5 Å². The van der Waals surface area contributed by atoms with Crippen molar-refractivity contribution >= 4 is 12.1 Å². The zero-order valence-corrected chi connectivity index (χ0v) is 16.6. The molecular formula is C23H27NO5. The van der Waals surface area contributed by atoms with Gasteiger partial charge in [-0.15, -0.1) is 0 Å². The van der Waals surface area contributed by atoms with Gasteiger partial charge >= 0.3 is 12.1 Å². The second-order valence-corrected chi connectivity index (χ2v) is 7.21. The Morgan fingerprint density at radius 2 is 1.72 bits per heavy atom. The molecule has 1 saturated heterocycles. The van der Waals surface area contributed by atoms with E-state index in [0.29, 0.717) is 6.61 Å². The highest BCUT2D eigenvalue weighted by Crippen LogP contribution is 2.21. The lowest BCUT2D eigenvalue weighted by Gasteiger charge is -2.24. The SMILES string of the molecule is CC1OC(=O)[C@@H](NC(=O)OCc2ccccc2)COCC[C@H]1Cc1ccccc1. The molecule has 2 aromatic rings. The molecule has 1 aliphatic heterocycles. The first-order valence-electron chi connectivity index (χ1n) is 9.91. The summed E-state index contributed by atoms with van der Waals surface area (Å²) in [6, 6.07) is 18.6. The zero-order chi connectivity index (χ0) is 20.5. The number of nitrogens with one attached hydrogen (secondary N) is 1. The fraction of sp³-hybridized carbons (Fsp3) is 0.391. The molecule has 0 aliphatic carbocycles. The first-order chi connectivity index (χ1) is 14.1. The fourth-order valence-corrected chi connectivity index (χ4v) is 3.29. The Balaban J connectivity index is 1.53. The highest BCUT2D eigenvalue weighted by Gasteiger charge is 2.30.